The number of carbonyl (C=O) groups is 1. The van der Waals surface area contributed by atoms with Crippen molar-refractivity contribution in [2.45, 2.75) is 6.92 Å². The Kier molecular flexibility index (Phi) is 4.23. The molecule has 0 spiro atoms. The first-order valence-electron chi connectivity index (χ1n) is 8.56. The molecule has 130 valence electrons. The first-order chi connectivity index (χ1) is 12.2. The number of benzene rings is 1. The summed E-state index contributed by atoms with van der Waals surface area (Å²) >= 11 is 0. The van der Waals surface area contributed by atoms with Gasteiger partial charge in [-0.15, -0.1) is 0 Å². The van der Waals surface area contributed by atoms with Crippen LogP contribution in [0.5, 0.6) is 0 Å². The molecule has 0 radical (unpaired) electrons. The van der Waals surface area contributed by atoms with Crippen LogP contribution in [0.25, 0.3) is 22.1 Å². The Bertz CT molecular complexity index is 899. The van der Waals surface area contributed by atoms with Crippen molar-refractivity contribution < 1.29 is 9.21 Å². The van der Waals surface area contributed by atoms with Crippen LogP contribution in [0.15, 0.2) is 35.0 Å². The molecular weight excluding hydrogens is 318 g/mol. The zero-order chi connectivity index (χ0) is 17.2. The van der Waals surface area contributed by atoms with Gasteiger partial charge >= 0.3 is 0 Å². The second kappa shape index (κ2) is 6.68. The van der Waals surface area contributed by atoms with Crippen molar-refractivity contribution in [3.63, 3.8) is 0 Å². The molecule has 0 saturated carbocycles. The van der Waals surface area contributed by atoms with Crippen molar-refractivity contribution in [1.29, 1.82) is 0 Å². The predicted octanol–water partition coefficient (Wildman–Crippen LogP) is 1.95. The topological polar surface area (TPSA) is 74.5 Å². The molecule has 3 aromatic rings. The summed E-state index contributed by atoms with van der Waals surface area (Å²) < 4.78 is 5.92. The van der Waals surface area contributed by atoms with Crippen LogP contribution in [0.4, 0.5) is 5.82 Å². The van der Waals surface area contributed by atoms with Crippen LogP contribution >= 0.6 is 0 Å². The highest BCUT2D eigenvalue weighted by atomic mass is 16.3. The molecule has 4 rings (SSSR count). The largest absolute Gasteiger partial charge is 0.450 e. The number of nitrogens with zero attached hydrogens (tertiary/aromatic N) is 4. The van der Waals surface area contributed by atoms with Gasteiger partial charge in [0.1, 0.15) is 17.4 Å². The van der Waals surface area contributed by atoms with Gasteiger partial charge < -0.3 is 14.6 Å². The van der Waals surface area contributed by atoms with Crippen LogP contribution in [0.1, 0.15) is 6.92 Å². The lowest BCUT2D eigenvalue weighted by Crippen LogP contribution is -2.49. The number of fused-ring (bicyclic) bond motifs is 3. The van der Waals surface area contributed by atoms with E-state index in [9.17, 15) is 4.79 Å². The third-order valence-corrected chi connectivity index (χ3v) is 4.70. The van der Waals surface area contributed by atoms with E-state index in [4.69, 9.17) is 4.42 Å². The summed E-state index contributed by atoms with van der Waals surface area (Å²) in [6, 6.07) is 7.88. The number of para-hydroxylation sites is 1. The average Bonchev–Trinajstić information content (AvgIpc) is 3.02. The summed E-state index contributed by atoms with van der Waals surface area (Å²) in [5.41, 5.74) is 2.36. The summed E-state index contributed by atoms with van der Waals surface area (Å²) in [6.07, 6.45) is 1.57. The molecule has 1 amide bonds. The monoisotopic (exact) mass is 339 g/mol. The van der Waals surface area contributed by atoms with Gasteiger partial charge in [0, 0.05) is 51.6 Å². The SMILES string of the molecule is CC(=O)N1CCN(CCNc2ncnc3c2oc2ccccc23)CC1. The molecule has 25 heavy (non-hydrogen) atoms. The van der Waals surface area contributed by atoms with Gasteiger partial charge in [0.05, 0.1) is 0 Å². The molecule has 1 saturated heterocycles. The summed E-state index contributed by atoms with van der Waals surface area (Å²) in [4.78, 5) is 24.3. The van der Waals surface area contributed by atoms with Crippen molar-refractivity contribution >= 4 is 33.8 Å². The zero-order valence-corrected chi connectivity index (χ0v) is 14.2. The molecule has 0 aliphatic carbocycles. The van der Waals surface area contributed by atoms with E-state index in [0.29, 0.717) is 5.58 Å². The van der Waals surface area contributed by atoms with Crippen molar-refractivity contribution in [3.05, 3.63) is 30.6 Å². The molecule has 1 aliphatic rings. The molecule has 0 atom stereocenters. The van der Waals surface area contributed by atoms with Crippen molar-refractivity contribution in [1.82, 2.24) is 19.8 Å². The minimum atomic E-state index is 0.158. The number of piperazine rings is 1. The summed E-state index contributed by atoms with van der Waals surface area (Å²) in [5.74, 6) is 0.884. The number of hydrogen-bond donors (Lipinski definition) is 1. The van der Waals surface area contributed by atoms with Crippen LogP contribution in [-0.4, -0.2) is 64.9 Å². The van der Waals surface area contributed by atoms with E-state index < -0.39 is 0 Å². The third kappa shape index (κ3) is 3.15. The van der Waals surface area contributed by atoms with E-state index in [0.717, 1.165) is 61.6 Å². The molecule has 2 aromatic heterocycles. The third-order valence-electron chi connectivity index (χ3n) is 4.70. The molecular formula is C18H21N5O2. The quantitative estimate of drug-likeness (QED) is 0.783. The Morgan fingerprint density at radius 2 is 2.00 bits per heavy atom. The van der Waals surface area contributed by atoms with Gasteiger partial charge in [-0.3, -0.25) is 9.69 Å². The van der Waals surface area contributed by atoms with Gasteiger partial charge in [-0.05, 0) is 12.1 Å². The Morgan fingerprint density at radius 1 is 1.20 bits per heavy atom. The molecule has 1 aliphatic heterocycles. The van der Waals surface area contributed by atoms with Gasteiger partial charge in [0.15, 0.2) is 11.4 Å². The van der Waals surface area contributed by atoms with Crippen LogP contribution < -0.4 is 5.32 Å². The Morgan fingerprint density at radius 3 is 2.80 bits per heavy atom. The molecule has 7 nitrogen and oxygen atoms in total. The van der Waals surface area contributed by atoms with Gasteiger partial charge in [0.2, 0.25) is 5.91 Å². The lowest BCUT2D eigenvalue weighted by Gasteiger charge is -2.34. The highest BCUT2D eigenvalue weighted by Crippen LogP contribution is 2.30. The van der Waals surface area contributed by atoms with E-state index >= 15 is 0 Å². The lowest BCUT2D eigenvalue weighted by molar-refractivity contribution is -0.130. The first kappa shape index (κ1) is 15.8. The maximum Gasteiger partial charge on any atom is 0.219 e. The molecule has 7 heteroatoms. The van der Waals surface area contributed by atoms with Crippen molar-refractivity contribution in [2.75, 3.05) is 44.6 Å². The zero-order valence-electron chi connectivity index (χ0n) is 14.2. The molecule has 1 fully saturated rings. The molecule has 1 N–H and O–H groups in total. The second-order valence-corrected chi connectivity index (χ2v) is 6.27. The first-order valence-corrected chi connectivity index (χ1v) is 8.56. The van der Waals surface area contributed by atoms with E-state index in [-0.39, 0.29) is 5.91 Å². The number of furan rings is 1. The average molecular weight is 339 g/mol. The summed E-state index contributed by atoms with van der Waals surface area (Å²) in [7, 11) is 0. The molecule has 0 bridgehead atoms. The highest BCUT2D eigenvalue weighted by molar-refractivity contribution is 6.05. The van der Waals surface area contributed by atoms with Crippen molar-refractivity contribution in [2.24, 2.45) is 0 Å². The fourth-order valence-corrected chi connectivity index (χ4v) is 3.27. The molecule has 0 unspecified atom stereocenters. The number of amides is 1. The smallest absolute Gasteiger partial charge is 0.219 e. The number of aromatic nitrogens is 2. The van der Waals surface area contributed by atoms with Gasteiger partial charge in [0.25, 0.3) is 0 Å². The Balaban J connectivity index is 1.41. The van der Waals surface area contributed by atoms with Crippen LogP contribution in [0.3, 0.4) is 0 Å². The second-order valence-electron chi connectivity index (χ2n) is 6.27. The normalized spacial score (nSPS) is 15.8. The minimum absolute atomic E-state index is 0.158. The number of anilines is 1. The van der Waals surface area contributed by atoms with Crippen LogP contribution in [-0.2, 0) is 4.79 Å². The van der Waals surface area contributed by atoms with Crippen LogP contribution in [0.2, 0.25) is 0 Å². The number of rotatable bonds is 4. The number of carbonyl (C=O) groups excluding carboxylic acids is 1. The predicted molar refractivity (Wildman–Crippen MR) is 96.5 cm³/mol. The number of nitrogens with one attached hydrogen (secondary N) is 1. The molecule has 3 heterocycles. The Labute approximate surface area is 145 Å². The molecule has 1 aromatic carbocycles. The van der Waals surface area contributed by atoms with Gasteiger partial charge in [-0.2, -0.15) is 0 Å². The minimum Gasteiger partial charge on any atom is -0.450 e. The van der Waals surface area contributed by atoms with Crippen molar-refractivity contribution in [3.8, 4) is 0 Å². The van der Waals surface area contributed by atoms with E-state index in [1.807, 2.05) is 29.2 Å². The van der Waals surface area contributed by atoms with Gasteiger partial charge in [-0.25, -0.2) is 9.97 Å². The summed E-state index contributed by atoms with van der Waals surface area (Å²) in [5, 5.41) is 4.37. The fourth-order valence-electron chi connectivity index (χ4n) is 3.27. The number of hydrogen-bond acceptors (Lipinski definition) is 6. The Hall–Kier alpha value is -2.67. The van der Waals surface area contributed by atoms with E-state index in [2.05, 4.69) is 20.2 Å². The maximum atomic E-state index is 11.4. The van der Waals surface area contributed by atoms with E-state index in [1.165, 1.54) is 0 Å². The van der Waals surface area contributed by atoms with E-state index in [1.54, 1.807) is 13.3 Å². The highest BCUT2D eigenvalue weighted by Gasteiger charge is 2.18. The fraction of sp³-hybridized carbons (Fsp3) is 0.389. The summed E-state index contributed by atoms with van der Waals surface area (Å²) in [6.45, 7) is 6.72. The maximum absolute atomic E-state index is 11.4. The van der Waals surface area contributed by atoms with Gasteiger partial charge in [-0.1, -0.05) is 12.1 Å². The van der Waals surface area contributed by atoms with Crippen LogP contribution in [0, 0.1) is 0 Å². The standard InChI is InChI=1S/C18H21N5O2/c1-13(24)23-10-8-22(9-11-23)7-6-19-18-17-16(20-12-21-18)14-4-2-3-5-15(14)25-17/h2-5,12H,6-11H2,1H3,(H,19,20,21). The lowest BCUT2D eigenvalue weighted by atomic mass is 10.2.